The highest BCUT2D eigenvalue weighted by molar-refractivity contribution is 7.92. The van der Waals surface area contributed by atoms with Gasteiger partial charge in [-0.25, -0.2) is 8.42 Å². The fraction of sp³-hybridized carbons (Fsp3) is 0.267. The van der Waals surface area contributed by atoms with E-state index in [1.807, 2.05) is 6.92 Å². The minimum atomic E-state index is -3.37. The number of hydrogen-bond donors (Lipinski definition) is 1. The topological polar surface area (TPSA) is 59.1 Å². The molecule has 0 aliphatic carbocycles. The van der Waals surface area contributed by atoms with Gasteiger partial charge in [0.2, 0.25) is 0 Å². The van der Waals surface area contributed by atoms with Gasteiger partial charge in [-0.1, -0.05) is 23.7 Å². The molecule has 0 saturated heterocycles. The van der Waals surface area contributed by atoms with Gasteiger partial charge in [0.1, 0.15) is 0 Å². The number of aromatic nitrogens is 1. The first-order valence-corrected chi connectivity index (χ1v) is 8.47. The summed E-state index contributed by atoms with van der Waals surface area (Å²) in [6.45, 7) is 5.17. The molecule has 0 unspecified atom stereocenters. The quantitative estimate of drug-likeness (QED) is 0.924. The first-order valence-electron chi connectivity index (χ1n) is 6.54. The Bertz CT molecular complexity index is 758. The fourth-order valence-corrected chi connectivity index (χ4v) is 3.21. The summed E-state index contributed by atoms with van der Waals surface area (Å²) in [5.74, 6) is 0. The van der Waals surface area contributed by atoms with Crippen LogP contribution >= 0.6 is 11.6 Å². The van der Waals surface area contributed by atoms with Crippen LogP contribution in [0.15, 0.2) is 41.4 Å². The zero-order valence-corrected chi connectivity index (χ0v) is 13.7. The third-order valence-electron chi connectivity index (χ3n) is 3.08. The Morgan fingerprint density at radius 3 is 2.52 bits per heavy atom. The zero-order chi connectivity index (χ0) is 15.6. The lowest BCUT2D eigenvalue weighted by Crippen LogP contribution is -2.15. The molecule has 0 aliphatic rings. The molecule has 112 valence electrons. The first-order chi connectivity index (χ1) is 9.82. The van der Waals surface area contributed by atoms with E-state index in [1.165, 1.54) is 0 Å². The van der Waals surface area contributed by atoms with E-state index in [-0.39, 0.29) is 4.90 Å². The summed E-state index contributed by atoms with van der Waals surface area (Å²) in [6.07, 6.45) is 1.54. The maximum Gasteiger partial charge on any atom is 0.182 e. The van der Waals surface area contributed by atoms with Crippen LogP contribution in [0.5, 0.6) is 0 Å². The third-order valence-corrected chi connectivity index (χ3v) is 5.59. The lowest BCUT2D eigenvalue weighted by molar-refractivity contribution is 0.588. The second kappa shape index (κ2) is 6.03. The summed E-state index contributed by atoms with van der Waals surface area (Å²) in [7, 11) is -3.37. The van der Waals surface area contributed by atoms with Gasteiger partial charge in [0.15, 0.2) is 9.84 Å². The smallest absolute Gasteiger partial charge is 0.182 e. The van der Waals surface area contributed by atoms with E-state index < -0.39 is 15.1 Å². The van der Waals surface area contributed by atoms with Crippen LogP contribution < -0.4 is 5.32 Å². The second-order valence-electron chi connectivity index (χ2n) is 5.02. The highest BCUT2D eigenvalue weighted by atomic mass is 35.5. The maximum absolute atomic E-state index is 12.4. The summed E-state index contributed by atoms with van der Waals surface area (Å²) >= 11 is 6.10. The van der Waals surface area contributed by atoms with E-state index >= 15 is 0 Å². The van der Waals surface area contributed by atoms with Crippen LogP contribution in [-0.4, -0.2) is 18.7 Å². The number of aryl methyl sites for hydroxylation is 1. The van der Waals surface area contributed by atoms with Gasteiger partial charge in [-0.15, -0.1) is 0 Å². The van der Waals surface area contributed by atoms with Crippen LogP contribution in [0, 0.1) is 6.92 Å². The van der Waals surface area contributed by atoms with Crippen LogP contribution in [-0.2, 0) is 9.84 Å². The van der Waals surface area contributed by atoms with Crippen LogP contribution in [0.4, 0.5) is 11.4 Å². The van der Waals surface area contributed by atoms with Crippen molar-refractivity contribution in [2.45, 2.75) is 30.9 Å². The Morgan fingerprint density at radius 2 is 1.86 bits per heavy atom. The number of rotatable bonds is 4. The van der Waals surface area contributed by atoms with Gasteiger partial charge in [0, 0.05) is 11.9 Å². The van der Waals surface area contributed by atoms with Crippen molar-refractivity contribution in [2.75, 3.05) is 5.32 Å². The Hall–Kier alpha value is -1.59. The largest absolute Gasteiger partial charge is 0.353 e. The molecule has 1 aromatic heterocycles. The Balaban J connectivity index is 2.49. The molecule has 1 heterocycles. The normalized spacial score (nSPS) is 11.7. The number of para-hydroxylation sites is 1. The predicted octanol–water partition coefficient (Wildman–Crippen LogP) is 3.97. The molecule has 0 saturated carbocycles. The molecule has 2 rings (SSSR count). The molecule has 0 bridgehead atoms. The van der Waals surface area contributed by atoms with E-state index in [2.05, 4.69) is 10.3 Å². The standard InChI is InChI=1S/C15H17ClN2O2S/c1-10(2)21(19,20)15-7-5-4-6-13(15)18-14-8-11(3)17-9-12(14)16/h4-10H,1-3H3,(H,17,18). The maximum atomic E-state index is 12.4. The van der Waals surface area contributed by atoms with Crippen molar-refractivity contribution in [1.29, 1.82) is 0 Å². The minimum absolute atomic E-state index is 0.269. The molecule has 1 N–H and O–H groups in total. The Labute approximate surface area is 130 Å². The van der Waals surface area contributed by atoms with Crippen LogP contribution in [0.1, 0.15) is 19.5 Å². The van der Waals surface area contributed by atoms with Crippen molar-refractivity contribution < 1.29 is 8.42 Å². The predicted molar refractivity (Wildman–Crippen MR) is 86.0 cm³/mol. The van der Waals surface area contributed by atoms with E-state index in [0.717, 1.165) is 5.69 Å². The molecule has 1 aromatic carbocycles. The number of benzene rings is 1. The van der Waals surface area contributed by atoms with Crippen molar-refractivity contribution in [1.82, 2.24) is 4.98 Å². The van der Waals surface area contributed by atoms with Crippen molar-refractivity contribution >= 4 is 32.8 Å². The Morgan fingerprint density at radius 1 is 1.19 bits per heavy atom. The van der Waals surface area contributed by atoms with Gasteiger partial charge in [-0.2, -0.15) is 0 Å². The molecule has 2 aromatic rings. The van der Waals surface area contributed by atoms with Crippen LogP contribution in [0.2, 0.25) is 5.02 Å². The van der Waals surface area contributed by atoms with Crippen molar-refractivity contribution in [3.8, 4) is 0 Å². The Kier molecular flexibility index (Phi) is 4.54. The molecular weight excluding hydrogens is 308 g/mol. The molecule has 0 radical (unpaired) electrons. The van der Waals surface area contributed by atoms with Crippen molar-refractivity contribution in [3.63, 3.8) is 0 Å². The van der Waals surface area contributed by atoms with Crippen LogP contribution in [0.3, 0.4) is 0 Å². The zero-order valence-electron chi connectivity index (χ0n) is 12.1. The lowest BCUT2D eigenvalue weighted by atomic mass is 10.3. The van der Waals surface area contributed by atoms with E-state index in [1.54, 1.807) is 50.4 Å². The molecule has 0 atom stereocenters. The first kappa shape index (κ1) is 15.8. The van der Waals surface area contributed by atoms with Crippen LogP contribution in [0.25, 0.3) is 0 Å². The number of sulfone groups is 1. The average Bonchev–Trinajstić information content (AvgIpc) is 2.43. The molecular formula is C15H17ClN2O2S. The number of pyridine rings is 1. The van der Waals surface area contributed by atoms with Gasteiger partial charge in [-0.3, -0.25) is 4.98 Å². The van der Waals surface area contributed by atoms with E-state index in [0.29, 0.717) is 16.4 Å². The summed E-state index contributed by atoms with van der Waals surface area (Å²) < 4.78 is 24.8. The van der Waals surface area contributed by atoms with Gasteiger partial charge >= 0.3 is 0 Å². The molecule has 21 heavy (non-hydrogen) atoms. The van der Waals surface area contributed by atoms with Crippen molar-refractivity contribution in [2.24, 2.45) is 0 Å². The molecule has 4 nitrogen and oxygen atoms in total. The average molecular weight is 325 g/mol. The second-order valence-corrected chi connectivity index (χ2v) is 7.90. The highest BCUT2D eigenvalue weighted by Gasteiger charge is 2.22. The summed E-state index contributed by atoms with van der Waals surface area (Å²) in [6, 6.07) is 8.59. The monoisotopic (exact) mass is 324 g/mol. The third kappa shape index (κ3) is 3.36. The minimum Gasteiger partial charge on any atom is -0.353 e. The fourth-order valence-electron chi connectivity index (χ4n) is 1.86. The van der Waals surface area contributed by atoms with E-state index in [4.69, 9.17) is 11.6 Å². The van der Waals surface area contributed by atoms with Gasteiger partial charge < -0.3 is 5.32 Å². The van der Waals surface area contributed by atoms with Gasteiger partial charge in [0.25, 0.3) is 0 Å². The summed E-state index contributed by atoms with van der Waals surface area (Å²) in [5, 5.41) is 3.04. The molecule has 0 fully saturated rings. The van der Waals surface area contributed by atoms with E-state index in [9.17, 15) is 8.42 Å². The number of hydrogen-bond acceptors (Lipinski definition) is 4. The SMILES string of the molecule is Cc1cc(Nc2ccccc2S(=O)(=O)C(C)C)c(Cl)cn1. The molecule has 0 aliphatic heterocycles. The molecule has 0 spiro atoms. The van der Waals surface area contributed by atoms with Gasteiger partial charge in [0.05, 0.1) is 26.5 Å². The summed E-state index contributed by atoms with van der Waals surface area (Å²) in [5.41, 5.74) is 1.94. The summed E-state index contributed by atoms with van der Waals surface area (Å²) in [4.78, 5) is 4.36. The van der Waals surface area contributed by atoms with Crippen molar-refractivity contribution in [3.05, 3.63) is 47.2 Å². The number of anilines is 2. The van der Waals surface area contributed by atoms with Gasteiger partial charge in [-0.05, 0) is 39.0 Å². The molecule has 6 heteroatoms. The highest BCUT2D eigenvalue weighted by Crippen LogP contribution is 2.30. The number of nitrogens with zero attached hydrogens (tertiary/aromatic N) is 1. The number of nitrogens with one attached hydrogen (secondary N) is 1. The lowest BCUT2D eigenvalue weighted by Gasteiger charge is -2.15. The number of halogens is 1. The molecule has 0 amide bonds.